The van der Waals surface area contributed by atoms with Crippen LogP contribution in [0.25, 0.3) is 27.7 Å². The molecule has 0 fully saturated rings. The van der Waals surface area contributed by atoms with Gasteiger partial charge in [-0.05, 0) is 29.0 Å². The summed E-state index contributed by atoms with van der Waals surface area (Å²) >= 11 is 0. The number of hydrogen-bond acceptors (Lipinski definition) is 6. The summed E-state index contributed by atoms with van der Waals surface area (Å²) in [5.74, 6) is 7.43. The Hall–Kier alpha value is -5.01. The first-order valence-electron chi connectivity index (χ1n) is 12.0. The maximum atomic E-state index is 6.34. The van der Waals surface area contributed by atoms with Crippen LogP contribution in [0.2, 0.25) is 0 Å². The standard InChI is InChI=1S/C30H22N6O/c31-34-29-27-26(25-22-14-8-7-9-19(22)15-16-24(25)37-30(27)33-18-32-29)23-17-36(21-12-5-2-6-13-21)35-28(23)20-10-3-1-4-11-20/h1-18,26H,31H2,(H,32,33,34). The Morgan fingerprint density at radius 3 is 2.35 bits per heavy atom. The predicted octanol–water partition coefficient (Wildman–Crippen LogP) is 6.05. The molecule has 3 N–H and O–H groups in total. The van der Waals surface area contributed by atoms with E-state index in [-0.39, 0.29) is 5.92 Å². The van der Waals surface area contributed by atoms with Crippen molar-refractivity contribution in [2.75, 3.05) is 5.43 Å². The lowest BCUT2D eigenvalue weighted by atomic mass is 9.80. The average molecular weight is 483 g/mol. The summed E-state index contributed by atoms with van der Waals surface area (Å²) in [7, 11) is 0. The van der Waals surface area contributed by atoms with Crippen LogP contribution in [0.1, 0.15) is 22.6 Å². The minimum Gasteiger partial charge on any atom is -0.438 e. The summed E-state index contributed by atoms with van der Waals surface area (Å²) in [6.45, 7) is 0. The van der Waals surface area contributed by atoms with E-state index in [9.17, 15) is 0 Å². The van der Waals surface area contributed by atoms with Crippen molar-refractivity contribution < 1.29 is 4.74 Å². The van der Waals surface area contributed by atoms with Crippen molar-refractivity contribution in [3.05, 3.63) is 126 Å². The fourth-order valence-electron chi connectivity index (χ4n) is 5.19. The molecule has 0 spiro atoms. The van der Waals surface area contributed by atoms with Gasteiger partial charge in [0.15, 0.2) is 5.82 Å². The SMILES string of the molecule is NNc1ncnc2c1C(c1cn(-c3ccccc3)nc1-c1ccccc1)c1c(ccc3ccccc13)O2. The second kappa shape index (κ2) is 8.58. The van der Waals surface area contributed by atoms with E-state index in [4.69, 9.17) is 15.7 Å². The second-order valence-corrected chi connectivity index (χ2v) is 8.90. The molecule has 37 heavy (non-hydrogen) atoms. The van der Waals surface area contributed by atoms with E-state index in [0.29, 0.717) is 11.7 Å². The molecule has 6 aromatic rings. The molecule has 2 aromatic heterocycles. The Kier molecular flexibility index (Phi) is 4.94. The normalized spacial score (nSPS) is 14.0. The number of nitrogen functional groups attached to an aromatic ring is 1. The van der Waals surface area contributed by atoms with Crippen LogP contribution in [0.15, 0.2) is 110 Å². The smallest absolute Gasteiger partial charge is 0.228 e. The highest BCUT2D eigenvalue weighted by molar-refractivity contribution is 5.91. The number of fused-ring (bicyclic) bond motifs is 4. The van der Waals surface area contributed by atoms with Gasteiger partial charge in [0.05, 0.1) is 22.9 Å². The Morgan fingerprint density at radius 2 is 1.54 bits per heavy atom. The number of ether oxygens (including phenoxy) is 1. The van der Waals surface area contributed by atoms with Crippen molar-refractivity contribution >= 4 is 16.6 Å². The fourth-order valence-corrected chi connectivity index (χ4v) is 5.19. The van der Waals surface area contributed by atoms with Crippen LogP contribution in [0.4, 0.5) is 5.82 Å². The highest BCUT2D eigenvalue weighted by Gasteiger charge is 2.37. The molecule has 1 aliphatic rings. The molecule has 178 valence electrons. The summed E-state index contributed by atoms with van der Waals surface area (Å²) in [4.78, 5) is 8.95. The van der Waals surface area contributed by atoms with Crippen LogP contribution in [0.3, 0.4) is 0 Å². The molecule has 0 saturated heterocycles. The molecule has 0 saturated carbocycles. The van der Waals surface area contributed by atoms with Gasteiger partial charge in [-0.3, -0.25) is 0 Å². The van der Waals surface area contributed by atoms with Crippen LogP contribution >= 0.6 is 0 Å². The lowest BCUT2D eigenvalue weighted by Gasteiger charge is -2.29. The zero-order valence-electron chi connectivity index (χ0n) is 19.7. The highest BCUT2D eigenvalue weighted by Crippen LogP contribution is 2.52. The van der Waals surface area contributed by atoms with Gasteiger partial charge >= 0.3 is 0 Å². The third-order valence-electron chi connectivity index (χ3n) is 6.82. The molecule has 1 atom stereocenters. The van der Waals surface area contributed by atoms with Gasteiger partial charge in [0.2, 0.25) is 5.88 Å². The third-order valence-corrected chi connectivity index (χ3v) is 6.82. The minimum atomic E-state index is -0.287. The summed E-state index contributed by atoms with van der Waals surface area (Å²) in [5, 5.41) is 7.30. The van der Waals surface area contributed by atoms with Crippen molar-refractivity contribution in [2.45, 2.75) is 5.92 Å². The number of nitrogens with zero attached hydrogens (tertiary/aromatic N) is 4. The fraction of sp³-hybridized carbons (Fsp3) is 0.0333. The first-order valence-corrected chi connectivity index (χ1v) is 12.0. The van der Waals surface area contributed by atoms with E-state index in [1.54, 1.807) is 0 Å². The van der Waals surface area contributed by atoms with Gasteiger partial charge < -0.3 is 10.2 Å². The molecule has 0 radical (unpaired) electrons. The maximum Gasteiger partial charge on any atom is 0.228 e. The number of nitrogens with one attached hydrogen (secondary N) is 1. The Bertz CT molecular complexity index is 1750. The van der Waals surface area contributed by atoms with Crippen molar-refractivity contribution in [1.82, 2.24) is 19.7 Å². The summed E-state index contributed by atoms with van der Waals surface area (Å²) in [5.41, 5.74) is 8.44. The number of hydrazine groups is 1. The molecule has 7 heteroatoms. The predicted molar refractivity (Wildman–Crippen MR) is 144 cm³/mol. The number of anilines is 1. The van der Waals surface area contributed by atoms with Crippen molar-refractivity contribution in [3.8, 4) is 28.6 Å². The van der Waals surface area contributed by atoms with E-state index in [2.05, 4.69) is 51.9 Å². The van der Waals surface area contributed by atoms with Crippen LogP contribution in [0.5, 0.6) is 11.6 Å². The van der Waals surface area contributed by atoms with Crippen LogP contribution in [0, 0.1) is 0 Å². The first-order chi connectivity index (χ1) is 18.3. The number of hydrogen-bond donors (Lipinski definition) is 2. The van der Waals surface area contributed by atoms with Crippen LogP contribution in [-0.4, -0.2) is 19.7 Å². The van der Waals surface area contributed by atoms with Gasteiger partial charge in [0.1, 0.15) is 12.1 Å². The zero-order chi connectivity index (χ0) is 24.8. The quantitative estimate of drug-likeness (QED) is 0.234. The molecule has 7 rings (SSSR count). The van der Waals surface area contributed by atoms with E-state index in [0.717, 1.165) is 50.2 Å². The van der Waals surface area contributed by atoms with Gasteiger partial charge in [-0.2, -0.15) is 5.10 Å². The lowest BCUT2D eigenvalue weighted by molar-refractivity contribution is 0.434. The Labute approximate surface area is 213 Å². The molecule has 4 aromatic carbocycles. The zero-order valence-corrected chi connectivity index (χ0v) is 19.7. The van der Waals surface area contributed by atoms with Crippen molar-refractivity contribution in [1.29, 1.82) is 0 Å². The van der Waals surface area contributed by atoms with E-state index in [1.807, 2.05) is 71.4 Å². The summed E-state index contributed by atoms with van der Waals surface area (Å²) in [6.07, 6.45) is 3.55. The van der Waals surface area contributed by atoms with Crippen LogP contribution in [-0.2, 0) is 0 Å². The molecule has 3 heterocycles. The molecule has 0 amide bonds. The maximum absolute atomic E-state index is 6.34. The lowest BCUT2D eigenvalue weighted by Crippen LogP contribution is -2.19. The monoisotopic (exact) mass is 482 g/mol. The number of rotatable bonds is 4. The largest absolute Gasteiger partial charge is 0.438 e. The molecular formula is C30H22N6O. The Morgan fingerprint density at radius 1 is 0.784 bits per heavy atom. The van der Waals surface area contributed by atoms with E-state index < -0.39 is 0 Å². The van der Waals surface area contributed by atoms with E-state index >= 15 is 0 Å². The third kappa shape index (κ3) is 3.44. The highest BCUT2D eigenvalue weighted by atomic mass is 16.5. The summed E-state index contributed by atoms with van der Waals surface area (Å²) < 4.78 is 8.27. The van der Waals surface area contributed by atoms with Gasteiger partial charge in [-0.1, -0.05) is 78.9 Å². The molecular weight excluding hydrogens is 460 g/mol. The number of aromatic nitrogens is 4. The number of nitrogens with two attached hydrogens (primary N) is 1. The number of benzene rings is 4. The van der Waals surface area contributed by atoms with Gasteiger partial charge in [-0.25, -0.2) is 20.5 Å². The molecule has 0 bridgehead atoms. The first kappa shape index (κ1) is 21.3. The molecule has 0 aliphatic carbocycles. The topological polar surface area (TPSA) is 90.9 Å². The average Bonchev–Trinajstić information content (AvgIpc) is 3.41. The van der Waals surface area contributed by atoms with Gasteiger partial charge in [0, 0.05) is 22.9 Å². The van der Waals surface area contributed by atoms with Gasteiger partial charge in [0.25, 0.3) is 0 Å². The summed E-state index contributed by atoms with van der Waals surface area (Å²) in [6, 6.07) is 32.7. The second-order valence-electron chi connectivity index (χ2n) is 8.90. The molecule has 1 aliphatic heterocycles. The molecule has 1 unspecified atom stereocenters. The molecule has 7 nitrogen and oxygen atoms in total. The van der Waals surface area contributed by atoms with Crippen LogP contribution < -0.4 is 16.0 Å². The van der Waals surface area contributed by atoms with E-state index in [1.165, 1.54) is 6.33 Å². The van der Waals surface area contributed by atoms with Gasteiger partial charge in [-0.15, -0.1) is 0 Å². The Balaban J connectivity index is 1.58. The minimum absolute atomic E-state index is 0.287. The van der Waals surface area contributed by atoms with Crippen molar-refractivity contribution in [2.24, 2.45) is 5.84 Å². The number of para-hydroxylation sites is 1. The van der Waals surface area contributed by atoms with Crippen molar-refractivity contribution in [3.63, 3.8) is 0 Å².